The second kappa shape index (κ2) is 7.18. The first-order valence-corrected chi connectivity index (χ1v) is 6.06. The van der Waals surface area contributed by atoms with E-state index in [1.807, 2.05) is 7.05 Å². The number of likely N-dealkylation sites (tertiary alicyclic amines) is 1. The summed E-state index contributed by atoms with van der Waals surface area (Å²) in [6, 6.07) is 0.434. The van der Waals surface area contributed by atoms with Gasteiger partial charge in [-0.1, -0.05) is 6.42 Å². The number of nitrogens with one attached hydrogen (secondary N) is 1. The van der Waals surface area contributed by atoms with Crippen LogP contribution in [0.4, 0.5) is 13.2 Å². The molecule has 3 nitrogen and oxygen atoms in total. The Morgan fingerprint density at radius 2 is 2.12 bits per heavy atom. The summed E-state index contributed by atoms with van der Waals surface area (Å²) in [5.41, 5.74) is 0. The van der Waals surface area contributed by atoms with Gasteiger partial charge in [0, 0.05) is 19.1 Å². The fraction of sp³-hybridized carbons (Fsp3) is 1.00. The van der Waals surface area contributed by atoms with Gasteiger partial charge in [-0.3, -0.25) is 4.90 Å². The normalized spacial score (nSPS) is 22.9. The Morgan fingerprint density at radius 1 is 1.35 bits per heavy atom. The Morgan fingerprint density at radius 3 is 2.76 bits per heavy atom. The summed E-state index contributed by atoms with van der Waals surface area (Å²) in [7, 11) is 1.90. The fourth-order valence-electron chi connectivity index (χ4n) is 2.19. The molecule has 0 radical (unpaired) electrons. The van der Waals surface area contributed by atoms with Crippen LogP contribution >= 0.6 is 0 Å². The van der Waals surface area contributed by atoms with E-state index in [-0.39, 0.29) is 6.61 Å². The molecule has 0 spiro atoms. The predicted molar refractivity (Wildman–Crippen MR) is 60.0 cm³/mol. The van der Waals surface area contributed by atoms with Crippen LogP contribution in [0.15, 0.2) is 0 Å². The highest BCUT2D eigenvalue weighted by Crippen LogP contribution is 2.17. The SMILES string of the molecule is CNCC1CCCCN1CCOCC(F)(F)F. The van der Waals surface area contributed by atoms with E-state index in [0.29, 0.717) is 12.6 Å². The molecule has 1 atom stereocenters. The first kappa shape index (κ1) is 14.7. The van der Waals surface area contributed by atoms with Crippen molar-refractivity contribution in [1.82, 2.24) is 10.2 Å². The molecule has 0 aliphatic carbocycles. The van der Waals surface area contributed by atoms with E-state index < -0.39 is 12.8 Å². The van der Waals surface area contributed by atoms with E-state index in [4.69, 9.17) is 0 Å². The van der Waals surface area contributed by atoms with Crippen LogP contribution in [0, 0.1) is 0 Å². The average molecular weight is 254 g/mol. The molecule has 6 heteroatoms. The van der Waals surface area contributed by atoms with Gasteiger partial charge in [0.1, 0.15) is 6.61 Å². The zero-order valence-electron chi connectivity index (χ0n) is 10.2. The van der Waals surface area contributed by atoms with Crippen LogP contribution in [0.1, 0.15) is 19.3 Å². The van der Waals surface area contributed by atoms with Crippen molar-refractivity contribution >= 4 is 0 Å². The van der Waals surface area contributed by atoms with Gasteiger partial charge >= 0.3 is 6.18 Å². The number of rotatable bonds is 6. The molecule has 0 bridgehead atoms. The van der Waals surface area contributed by atoms with Crippen LogP contribution < -0.4 is 5.32 Å². The maximum atomic E-state index is 11.9. The number of hydrogen-bond acceptors (Lipinski definition) is 3. The largest absolute Gasteiger partial charge is 0.411 e. The van der Waals surface area contributed by atoms with Crippen molar-refractivity contribution in [2.75, 3.05) is 39.9 Å². The van der Waals surface area contributed by atoms with Crippen molar-refractivity contribution < 1.29 is 17.9 Å². The number of halogens is 3. The molecule has 1 N–H and O–H groups in total. The van der Waals surface area contributed by atoms with Crippen LogP contribution in [0.25, 0.3) is 0 Å². The molecular formula is C11H21F3N2O. The zero-order valence-corrected chi connectivity index (χ0v) is 10.2. The van der Waals surface area contributed by atoms with Crippen LogP contribution in [-0.2, 0) is 4.74 Å². The molecule has 1 unspecified atom stereocenters. The molecule has 0 aromatic rings. The molecule has 0 saturated carbocycles. The second-order valence-electron chi connectivity index (χ2n) is 4.41. The Hall–Kier alpha value is -0.330. The van der Waals surface area contributed by atoms with Crippen molar-refractivity contribution in [2.24, 2.45) is 0 Å². The highest BCUT2D eigenvalue weighted by Gasteiger charge is 2.28. The van der Waals surface area contributed by atoms with E-state index >= 15 is 0 Å². The summed E-state index contributed by atoms with van der Waals surface area (Å²) >= 11 is 0. The Labute approximate surface area is 100 Å². The highest BCUT2D eigenvalue weighted by atomic mass is 19.4. The van der Waals surface area contributed by atoms with E-state index in [1.165, 1.54) is 6.42 Å². The summed E-state index contributed by atoms with van der Waals surface area (Å²) in [4.78, 5) is 2.22. The first-order valence-electron chi connectivity index (χ1n) is 6.06. The van der Waals surface area contributed by atoms with E-state index in [9.17, 15) is 13.2 Å². The Balaban J connectivity index is 2.19. The number of likely N-dealkylation sites (N-methyl/N-ethyl adjacent to an activating group) is 1. The van der Waals surface area contributed by atoms with Gasteiger partial charge in [0.15, 0.2) is 0 Å². The molecule has 0 amide bonds. The maximum absolute atomic E-state index is 11.9. The third kappa shape index (κ3) is 6.24. The van der Waals surface area contributed by atoms with Gasteiger partial charge in [-0.25, -0.2) is 0 Å². The summed E-state index contributed by atoms with van der Waals surface area (Å²) in [6.45, 7) is 1.45. The topological polar surface area (TPSA) is 24.5 Å². The average Bonchev–Trinajstić information content (AvgIpc) is 2.25. The number of alkyl halides is 3. The van der Waals surface area contributed by atoms with Gasteiger partial charge in [-0.15, -0.1) is 0 Å². The molecule has 1 fully saturated rings. The van der Waals surface area contributed by atoms with Gasteiger partial charge in [0.25, 0.3) is 0 Å². The molecular weight excluding hydrogens is 233 g/mol. The second-order valence-corrected chi connectivity index (χ2v) is 4.41. The quantitative estimate of drug-likeness (QED) is 0.729. The molecule has 1 rings (SSSR count). The number of hydrogen-bond donors (Lipinski definition) is 1. The summed E-state index contributed by atoms with van der Waals surface area (Å²) in [6.07, 6.45) is -0.780. The van der Waals surface area contributed by atoms with Gasteiger partial charge in [0.2, 0.25) is 0 Å². The van der Waals surface area contributed by atoms with Gasteiger partial charge in [-0.2, -0.15) is 13.2 Å². The van der Waals surface area contributed by atoms with Gasteiger partial charge < -0.3 is 10.1 Å². The number of ether oxygens (including phenoxy) is 1. The van der Waals surface area contributed by atoms with Gasteiger partial charge in [-0.05, 0) is 26.4 Å². The van der Waals surface area contributed by atoms with Crippen LogP contribution in [0.3, 0.4) is 0 Å². The Bertz CT molecular complexity index is 209. The van der Waals surface area contributed by atoms with Crippen molar-refractivity contribution in [3.63, 3.8) is 0 Å². The van der Waals surface area contributed by atoms with Crippen LogP contribution in [-0.4, -0.2) is 57.0 Å². The van der Waals surface area contributed by atoms with E-state index in [2.05, 4.69) is 15.0 Å². The minimum Gasteiger partial charge on any atom is -0.371 e. The van der Waals surface area contributed by atoms with E-state index in [0.717, 1.165) is 25.9 Å². The monoisotopic (exact) mass is 254 g/mol. The van der Waals surface area contributed by atoms with Crippen molar-refractivity contribution in [1.29, 1.82) is 0 Å². The standard InChI is InChI=1S/C11H21F3N2O/c1-15-8-10-4-2-3-5-16(10)6-7-17-9-11(12,13)14/h10,15H,2-9H2,1H3. The van der Waals surface area contributed by atoms with Crippen LogP contribution in [0.2, 0.25) is 0 Å². The Kier molecular flexibility index (Phi) is 6.22. The lowest BCUT2D eigenvalue weighted by atomic mass is 10.0. The lowest BCUT2D eigenvalue weighted by Crippen LogP contribution is -2.46. The molecule has 1 aliphatic rings. The highest BCUT2D eigenvalue weighted by molar-refractivity contribution is 4.78. The number of piperidine rings is 1. The van der Waals surface area contributed by atoms with Crippen molar-refractivity contribution in [3.05, 3.63) is 0 Å². The molecule has 1 saturated heterocycles. The van der Waals surface area contributed by atoms with Gasteiger partial charge in [0.05, 0.1) is 6.61 Å². The van der Waals surface area contributed by atoms with E-state index in [1.54, 1.807) is 0 Å². The predicted octanol–water partition coefficient (Wildman–Crippen LogP) is 1.64. The lowest BCUT2D eigenvalue weighted by molar-refractivity contribution is -0.175. The van der Waals surface area contributed by atoms with Crippen LogP contribution in [0.5, 0.6) is 0 Å². The number of nitrogens with zero attached hydrogens (tertiary/aromatic N) is 1. The van der Waals surface area contributed by atoms with Crippen molar-refractivity contribution in [2.45, 2.75) is 31.5 Å². The molecule has 1 heterocycles. The molecule has 0 aromatic heterocycles. The third-order valence-corrected chi connectivity index (χ3v) is 2.98. The maximum Gasteiger partial charge on any atom is 0.411 e. The third-order valence-electron chi connectivity index (χ3n) is 2.98. The summed E-state index contributed by atoms with van der Waals surface area (Å²) in [5.74, 6) is 0. The molecule has 17 heavy (non-hydrogen) atoms. The minimum absolute atomic E-state index is 0.153. The molecule has 0 aromatic carbocycles. The molecule has 102 valence electrons. The minimum atomic E-state index is -4.22. The first-order chi connectivity index (χ1) is 8.03. The smallest absolute Gasteiger partial charge is 0.371 e. The fourth-order valence-corrected chi connectivity index (χ4v) is 2.19. The van der Waals surface area contributed by atoms with Crippen molar-refractivity contribution in [3.8, 4) is 0 Å². The zero-order chi connectivity index (χ0) is 12.7. The summed E-state index contributed by atoms with van der Waals surface area (Å²) < 4.78 is 40.3. The lowest BCUT2D eigenvalue weighted by Gasteiger charge is -2.35. The summed E-state index contributed by atoms with van der Waals surface area (Å²) in [5, 5.41) is 3.12. The molecule has 1 aliphatic heterocycles.